The van der Waals surface area contributed by atoms with E-state index in [4.69, 9.17) is 0 Å². The van der Waals surface area contributed by atoms with E-state index >= 15 is 0 Å². The number of halogens is 3. The lowest BCUT2D eigenvalue weighted by Gasteiger charge is -2.35. The highest BCUT2D eigenvalue weighted by molar-refractivity contribution is 8.00. The number of alkyl halides is 3. The van der Waals surface area contributed by atoms with E-state index in [0.717, 1.165) is 17.0 Å². The first-order chi connectivity index (χ1) is 13.8. The molecule has 0 saturated carbocycles. The molecular weight excluding hydrogens is 407 g/mol. The van der Waals surface area contributed by atoms with Gasteiger partial charge in [0.2, 0.25) is 5.91 Å². The molecule has 0 atom stereocenters. The zero-order chi connectivity index (χ0) is 21.0. The van der Waals surface area contributed by atoms with E-state index in [0.29, 0.717) is 32.2 Å². The van der Waals surface area contributed by atoms with Crippen LogP contribution in [-0.2, 0) is 11.0 Å². The van der Waals surface area contributed by atoms with Crippen molar-refractivity contribution < 1.29 is 22.9 Å². The van der Waals surface area contributed by atoms with Crippen molar-refractivity contribution in [2.45, 2.75) is 11.1 Å². The number of carbonyl (C=O) groups excluding carboxylic acids is 1. The Labute approximate surface area is 169 Å². The lowest BCUT2D eigenvalue weighted by atomic mass is 10.1. The lowest BCUT2D eigenvalue weighted by Crippen LogP contribution is -2.49. The number of hydrogen-bond acceptors (Lipinski definition) is 5. The van der Waals surface area contributed by atoms with Gasteiger partial charge < -0.3 is 9.80 Å². The Hall–Kier alpha value is -2.75. The highest BCUT2D eigenvalue weighted by atomic mass is 32.2. The van der Waals surface area contributed by atoms with Gasteiger partial charge in [0.25, 0.3) is 5.69 Å². The van der Waals surface area contributed by atoms with Gasteiger partial charge in [-0.3, -0.25) is 14.9 Å². The highest BCUT2D eigenvalue weighted by Crippen LogP contribution is 2.36. The van der Waals surface area contributed by atoms with Gasteiger partial charge in [-0.15, -0.1) is 11.8 Å². The summed E-state index contributed by atoms with van der Waals surface area (Å²) in [7, 11) is 0. The molecule has 0 bridgehead atoms. The number of piperazine rings is 1. The Balaban J connectivity index is 1.63. The fourth-order valence-corrected chi connectivity index (χ4v) is 3.89. The minimum Gasteiger partial charge on any atom is -0.362 e. The van der Waals surface area contributed by atoms with Crippen molar-refractivity contribution in [2.24, 2.45) is 0 Å². The third kappa shape index (κ3) is 5.20. The Morgan fingerprint density at radius 1 is 1.07 bits per heavy atom. The van der Waals surface area contributed by atoms with Crippen LogP contribution in [0.25, 0.3) is 0 Å². The van der Waals surface area contributed by atoms with Crippen molar-refractivity contribution in [1.29, 1.82) is 0 Å². The normalized spacial score (nSPS) is 14.7. The molecule has 2 aromatic rings. The Kier molecular flexibility index (Phi) is 6.31. The highest BCUT2D eigenvalue weighted by Gasteiger charge is 2.34. The second kappa shape index (κ2) is 8.73. The van der Waals surface area contributed by atoms with Gasteiger partial charge >= 0.3 is 6.18 Å². The molecule has 1 fully saturated rings. The van der Waals surface area contributed by atoms with Crippen molar-refractivity contribution in [3.05, 3.63) is 64.2 Å². The van der Waals surface area contributed by atoms with Crippen LogP contribution in [-0.4, -0.2) is 47.7 Å². The summed E-state index contributed by atoms with van der Waals surface area (Å²) in [5.41, 5.74) is -1.51. The van der Waals surface area contributed by atoms with Gasteiger partial charge in [0, 0.05) is 37.1 Å². The van der Waals surface area contributed by atoms with Crippen LogP contribution in [0, 0.1) is 10.1 Å². The number of carbonyl (C=O) groups is 1. The molecule has 0 N–H and O–H groups in total. The van der Waals surface area contributed by atoms with E-state index in [2.05, 4.69) is 0 Å². The second-order valence-electron chi connectivity index (χ2n) is 6.43. The maximum Gasteiger partial charge on any atom is 0.416 e. The van der Waals surface area contributed by atoms with Crippen LogP contribution in [0.3, 0.4) is 0 Å². The molecular formula is C19H18F3N3O3S. The van der Waals surface area contributed by atoms with E-state index < -0.39 is 22.4 Å². The molecule has 0 spiro atoms. The molecule has 0 aromatic heterocycles. The molecule has 154 valence electrons. The SMILES string of the molecule is O=C(CSc1ccccc1)N1CCN(c2ccc(C(F)(F)F)cc2[N+](=O)[O-])CC1. The average Bonchev–Trinajstić information content (AvgIpc) is 2.71. The van der Waals surface area contributed by atoms with Gasteiger partial charge in [0.05, 0.1) is 16.2 Å². The number of nitrogens with zero attached hydrogens (tertiary/aromatic N) is 3. The molecule has 1 aliphatic rings. The van der Waals surface area contributed by atoms with Crippen LogP contribution in [0.2, 0.25) is 0 Å². The lowest BCUT2D eigenvalue weighted by molar-refractivity contribution is -0.384. The van der Waals surface area contributed by atoms with Crippen LogP contribution in [0.1, 0.15) is 5.56 Å². The number of amides is 1. The van der Waals surface area contributed by atoms with Crippen LogP contribution in [0.15, 0.2) is 53.4 Å². The Morgan fingerprint density at radius 2 is 1.72 bits per heavy atom. The minimum atomic E-state index is -4.65. The quantitative estimate of drug-likeness (QED) is 0.411. The molecule has 0 unspecified atom stereocenters. The maximum absolute atomic E-state index is 12.9. The fourth-order valence-electron chi connectivity index (χ4n) is 3.06. The first-order valence-corrected chi connectivity index (χ1v) is 9.80. The molecule has 0 radical (unpaired) electrons. The first kappa shape index (κ1) is 21.0. The van der Waals surface area contributed by atoms with Gasteiger partial charge in [-0.05, 0) is 24.3 Å². The standard InChI is InChI=1S/C19H18F3N3O3S/c20-19(21,22)14-6-7-16(17(12-14)25(27)28)23-8-10-24(11-9-23)18(26)13-29-15-4-2-1-3-5-15/h1-7,12H,8-11,13H2. The zero-order valence-corrected chi connectivity index (χ0v) is 16.1. The smallest absolute Gasteiger partial charge is 0.362 e. The molecule has 0 aliphatic carbocycles. The summed E-state index contributed by atoms with van der Waals surface area (Å²) in [4.78, 5) is 27.2. The third-order valence-corrected chi connectivity index (χ3v) is 5.57. The van der Waals surface area contributed by atoms with Gasteiger partial charge in [-0.2, -0.15) is 13.2 Å². The first-order valence-electron chi connectivity index (χ1n) is 8.82. The molecule has 1 aliphatic heterocycles. The van der Waals surface area contributed by atoms with Crippen molar-refractivity contribution in [2.75, 3.05) is 36.8 Å². The van der Waals surface area contributed by atoms with Gasteiger partial charge in [0.15, 0.2) is 0 Å². The van der Waals surface area contributed by atoms with Crippen LogP contribution in [0.4, 0.5) is 24.5 Å². The molecule has 10 heteroatoms. The molecule has 3 rings (SSSR count). The van der Waals surface area contributed by atoms with Crippen molar-refractivity contribution >= 4 is 29.0 Å². The van der Waals surface area contributed by atoms with E-state index in [1.807, 2.05) is 30.3 Å². The Morgan fingerprint density at radius 3 is 2.31 bits per heavy atom. The summed E-state index contributed by atoms with van der Waals surface area (Å²) >= 11 is 1.43. The molecule has 29 heavy (non-hydrogen) atoms. The van der Waals surface area contributed by atoms with Gasteiger partial charge in [-0.1, -0.05) is 18.2 Å². The number of rotatable bonds is 5. The van der Waals surface area contributed by atoms with Crippen molar-refractivity contribution in [3.8, 4) is 0 Å². The van der Waals surface area contributed by atoms with Crippen LogP contribution in [0.5, 0.6) is 0 Å². The van der Waals surface area contributed by atoms with E-state index in [1.165, 1.54) is 11.8 Å². The van der Waals surface area contributed by atoms with E-state index in [-0.39, 0.29) is 17.3 Å². The monoisotopic (exact) mass is 425 g/mol. The van der Waals surface area contributed by atoms with Gasteiger partial charge in [0.1, 0.15) is 5.69 Å². The fraction of sp³-hybridized carbons (Fsp3) is 0.316. The number of nitro groups is 1. The summed E-state index contributed by atoms with van der Waals surface area (Å²) in [6.07, 6.45) is -4.65. The number of nitro benzene ring substituents is 1. The second-order valence-corrected chi connectivity index (χ2v) is 7.48. The molecule has 1 heterocycles. The van der Waals surface area contributed by atoms with E-state index in [1.54, 1.807) is 9.80 Å². The minimum absolute atomic E-state index is 0.0413. The third-order valence-electron chi connectivity index (χ3n) is 4.58. The molecule has 6 nitrogen and oxygen atoms in total. The predicted octanol–water partition coefficient (Wildman–Crippen LogP) is 4.05. The number of anilines is 1. The zero-order valence-electron chi connectivity index (χ0n) is 15.3. The largest absolute Gasteiger partial charge is 0.416 e. The topological polar surface area (TPSA) is 66.7 Å². The number of thioether (sulfide) groups is 1. The van der Waals surface area contributed by atoms with Crippen molar-refractivity contribution in [1.82, 2.24) is 4.90 Å². The van der Waals surface area contributed by atoms with E-state index in [9.17, 15) is 28.1 Å². The molecule has 1 saturated heterocycles. The summed E-state index contributed by atoms with van der Waals surface area (Å²) in [5.74, 6) is 0.241. The summed E-state index contributed by atoms with van der Waals surface area (Å²) in [6, 6.07) is 12.0. The molecule has 2 aromatic carbocycles. The molecule has 1 amide bonds. The van der Waals surface area contributed by atoms with Crippen LogP contribution >= 0.6 is 11.8 Å². The summed E-state index contributed by atoms with van der Waals surface area (Å²) in [5, 5.41) is 11.3. The van der Waals surface area contributed by atoms with Crippen LogP contribution < -0.4 is 4.90 Å². The summed E-state index contributed by atoms with van der Waals surface area (Å²) < 4.78 is 38.6. The summed E-state index contributed by atoms with van der Waals surface area (Å²) in [6.45, 7) is 1.33. The number of hydrogen-bond donors (Lipinski definition) is 0. The van der Waals surface area contributed by atoms with Gasteiger partial charge in [-0.25, -0.2) is 0 Å². The van der Waals surface area contributed by atoms with Crippen molar-refractivity contribution in [3.63, 3.8) is 0 Å². The number of benzene rings is 2. The average molecular weight is 425 g/mol. The predicted molar refractivity (Wildman–Crippen MR) is 104 cm³/mol. The maximum atomic E-state index is 12.9. The Bertz CT molecular complexity index is 885.